The lowest BCUT2D eigenvalue weighted by Crippen LogP contribution is -2.31. The van der Waals surface area contributed by atoms with Crippen LogP contribution in [0.2, 0.25) is 5.02 Å². The lowest BCUT2D eigenvalue weighted by atomic mass is 9.90. The Kier molecular flexibility index (Phi) is 10.7. The van der Waals surface area contributed by atoms with Crippen LogP contribution in [-0.2, 0) is 17.5 Å². The Bertz CT molecular complexity index is 1420. The molecule has 0 bridgehead atoms. The van der Waals surface area contributed by atoms with Crippen LogP contribution in [0.1, 0.15) is 50.5 Å². The molecule has 0 atom stereocenters. The molecule has 4 aromatic carbocycles. The van der Waals surface area contributed by atoms with Gasteiger partial charge in [0, 0.05) is 25.6 Å². The number of rotatable bonds is 12. The van der Waals surface area contributed by atoms with Crippen LogP contribution in [0.3, 0.4) is 0 Å². The average Bonchev–Trinajstić information content (AvgIpc) is 2.99. The van der Waals surface area contributed by atoms with Crippen LogP contribution in [0, 0.1) is 6.92 Å². The number of carbonyl (C=O) groups is 1. The molecular weight excluding hydrogens is 563 g/mol. The van der Waals surface area contributed by atoms with Crippen molar-refractivity contribution in [3.8, 4) is 5.75 Å². The average molecular weight is 596 g/mol. The van der Waals surface area contributed by atoms with Crippen molar-refractivity contribution in [1.82, 2.24) is 4.90 Å². The molecule has 220 valence electrons. The van der Waals surface area contributed by atoms with Crippen molar-refractivity contribution in [2.24, 2.45) is 0 Å². The Hall–Kier alpha value is -3.81. The number of methoxy groups -OCH3 is 1. The van der Waals surface area contributed by atoms with Gasteiger partial charge in [0.2, 0.25) is 0 Å². The molecule has 0 fully saturated rings. The summed E-state index contributed by atoms with van der Waals surface area (Å²) in [5.74, 6) is 0.116. The molecule has 4 rings (SSSR count). The molecule has 8 heteroatoms. The molecule has 42 heavy (non-hydrogen) atoms. The van der Waals surface area contributed by atoms with Gasteiger partial charge in [-0.2, -0.15) is 13.2 Å². The molecule has 0 aliphatic rings. The van der Waals surface area contributed by atoms with Crippen LogP contribution >= 0.6 is 11.6 Å². The van der Waals surface area contributed by atoms with Crippen molar-refractivity contribution in [2.75, 3.05) is 26.8 Å². The number of aryl methyl sites for hydroxylation is 1. The second kappa shape index (κ2) is 14.4. The van der Waals surface area contributed by atoms with Crippen LogP contribution in [0.4, 0.5) is 13.2 Å². The summed E-state index contributed by atoms with van der Waals surface area (Å²) in [6, 6.07) is 29.3. The number of carbonyl (C=O) groups excluding carboxylic acids is 1. The van der Waals surface area contributed by atoms with E-state index >= 15 is 0 Å². The molecule has 4 nitrogen and oxygen atoms in total. The van der Waals surface area contributed by atoms with Gasteiger partial charge in [-0.3, -0.25) is 4.90 Å². The van der Waals surface area contributed by atoms with Crippen LogP contribution in [0.5, 0.6) is 5.75 Å². The Morgan fingerprint density at radius 3 is 2.14 bits per heavy atom. The first-order valence-electron chi connectivity index (χ1n) is 13.7. The molecule has 0 aliphatic carbocycles. The predicted octanol–water partition coefficient (Wildman–Crippen LogP) is 8.56. The maximum absolute atomic E-state index is 13.6. The highest BCUT2D eigenvalue weighted by molar-refractivity contribution is 6.32. The number of halogens is 4. The fourth-order valence-electron chi connectivity index (χ4n) is 4.90. The summed E-state index contributed by atoms with van der Waals surface area (Å²) >= 11 is 6.31. The molecule has 0 amide bonds. The largest absolute Gasteiger partial charge is 0.493 e. The van der Waals surface area contributed by atoms with E-state index in [2.05, 4.69) is 29.2 Å². The molecular formula is C34H33ClF3NO3. The number of hydrogen-bond donors (Lipinski definition) is 0. The number of alkyl halides is 3. The molecule has 0 spiro atoms. The zero-order chi connectivity index (χ0) is 30.1. The van der Waals surface area contributed by atoms with E-state index in [1.807, 2.05) is 43.3 Å². The van der Waals surface area contributed by atoms with Gasteiger partial charge in [-0.1, -0.05) is 90.5 Å². The summed E-state index contributed by atoms with van der Waals surface area (Å²) in [5, 5.41) is -0.280. The monoisotopic (exact) mass is 595 g/mol. The summed E-state index contributed by atoms with van der Waals surface area (Å²) in [6.45, 7) is 3.56. The Balaban J connectivity index is 1.57. The zero-order valence-corrected chi connectivity index (χ0v) is 24.3. The van der Waals surface area contributed by atoms with E-state index in [9.17, 15) is 18.0 Å². The molecule has 0 N–H and O–H groups in total. The second-order valence-electron chi connectivity index (χ2n) is 10.1. The molecule has 4 aromatic rings. The lowest BCUT2D eigenvalue weighted by molar-refractivity contribution is -0.137. The van der Waals surface area contributed by atoms with Crippen molar-refractivity contribution >= 4 is 17.6 Å². The highest BCUT2D eigenvalue weighted by atomic mass is 35.5. The van der Waals surface area contributed by atoms with Gasteiger partial charge in [0.05, 0.1) is 29.9 Å². The number of hydrogen-bond acceptors (Lipinski definition) is 4. The van der Waals surface area contributed by atoms with Crippen molar-refractivity contribution in [3.05, 3.63) is 135 Å². The van der Waals surface area contributed by atoms with E-state index in [0.717, 1.165) is 22.8 Å². The molecule has 0 heterocycles. The Labute approximate surface area is 249 Å². The first-order valence-corrected chi connectivity index (χ1v) is 14.0. The number of nitrogens with zero attached hydrogens (tertiary/aromatic N) is 1. The van der Waals surface area contributed by atoms with E-state index in [-0.39, 0.29) is 17.5 Å². The van der Waals surface area contributed by atoms with E-state index in [1.165, 1.54) is 13.2 Å². The van der Waals surface area contributed by atoms with Crippen LogP contribution in [-0.4, -0.2) is 37.7 Å². The van der Waals surface area contributed by atoms with Crippen molar-refractivity contribution in [1.29, 1.82) is 0 Å². The topological polar surface area (TPSA) is 38.8 Å². The fourth-order valence-corrected chi connectivity index (χ4v) is 5.19. The normalized spacial score (nSPS) is 11.6. The van der Waals surface area contributed by atoms with Gasteiger partial charge in [-0.15, -0.1) is 0 Å². The van der Waals surface area contributed by atoms with E-state index in [0.29, 0.717) is 43.0 Å². The molecule has 0 saturated carbocycles. The van der Waals surface area contributed by atoms with Gasteiger partial charge in [-0.05, 0) is 53.8 Å². The minimum atomic E-state index is -4.54. The van der Waals surface area contributed by atoms with E-state index in [4.69, 9.17) is 21.1 Å². The third kappa shape index (κ3) is 8.14. The molecule has 0 radical (unpaired) electrons. The zero-order valence-electron chi connectivity index (χ0n) is 23.5. The minimum absolute atomic E-state index is 0.0168. The highest BCUT2D eigenvalue weighted by Crippen LogP contribution is 2.37. The molecule has 0 saturated heterocycles. The fraction of sp³-hybridized carbons (Fsp3) is 0.265. The van der Waals surface area contributed by atoms with Crippen LogP contribution < -0.4 is 4.74 Å². The van der Waals surface area contributed by atoms with Gasteiger partial charge in [0.25, 0.3) is 0 Å². The minimum Gasteiger partial charge on any atom is -0.493 e. The number of benzene rings is 4. The van der Waals surface area contributed by atoms with Gasteiger partial charge >= 0.3 is 12.1 Å². The standard InChI is InChI=1S/C34H33ClF3NO3/c1-24-17-18-27(33(40)41-2)21-31(24)42-20-10-19-39(22-28-15-9-16-30(32(28)35)34(36,37)38)23-29(25-11-5-3-6-12-25)26-13-7-4-8-14-26/h3-9,11-18,21,29H,10,19-20,22-23H2,1-2H3. The lowest BCUT2D eigenvalue weighted by Gasteiger charge is -2.29. The molecule has 0 aromatic heterocycles. The second-order valence-corrected chi connectivity index (χ2v) is 10.4. The smallest absolute Gasteiger partial charge is 0.417 e. The Morgan fingerprint density at radius 2 is 1.55 bits per heavy atom. The quantitative estimate of drug-likeness (QED) is 0.121. The maximum Gasteiger partial charge on any atom is 0.417 e. The van der Waals surface area contributed by atoms with Gasteiger partial charge in [0.1, 0.15) is 5.75 Å². The van der Waals surface area contributed by atoms with Gasteiger partial charge in [0.15, 0.2) is 0 Å². The van der Waals surface area contributed by atoms with Crippen molar-refractivity contribution < 1.29 is 27.4 Å². The van der Waals surface area contributed by atoms with Crippen LogP contribution in [0.15, 0.2) is 97.1 Å². The summed E-state index contributed by atoms with van der Waals surface area (Å²) in [4.78, 5) is 14.1. The molecule has 0 unspecified atom stereocenters. The third-order valence-electron chi connectivity index (χ3n) is 7.11. The molecule has 0 aliphatic heterocycles. The van der Waals surface area contributed by atoms with Gasteiger partial charge < -0.3 is 9.47 Å². The summed E-state index contributed by atoms with van der Waals surface area (Å²) in [5.41, 5.74) is 3.06. The third-order valence-corrected chi connectivity index (χ3v) is 7.55. The summed E-state index contributed by atoms with van der Waals surface area (Å²) < 4.78 is 51.7. The number of ether oxygens (including phenoxy) is 2. The summed E-state index contributed by atoms with van der Waals surface area (Å²) in [7, 11) is 1.33. The van der Waals surface area contributed by atoms with E-state index < -0.39 is 17.7 Å². The van der Waals surface area contributed by atoms with Gasteiger partial charge in [-0.25, -0.2) is 4.79 Å². The first kappa shape index (κ1) is 31.1. The Morgan fingerprint density at radius 1 is 0.905 bits per heavy atom. The van der Waals surface area contributed by atoms with Crippen LogP contribution in [0.25, 0.3) is 0 Å². The van der Waals surface area contributed by atoms with E-state index in [1.54, 1.807) is 24.3 Å². The highest BCUT2D eigenvalue weighted by Gasteiger charge is 2.34. The van der Waals surface area contributed by atoms with Crippen molar-refractivity contribution in [2.45, 2.75) is 32.0 Å². The maximum atomic E-state index is 13.6. The summed E-state index contributed by atoms with van der Waals surface area (Å²) in [6.07, 6.45) is -3.95. The number of esters is 1. The SMILES string of the molecule is COC(=O)c1ccc(C)c(OCCCN(Cc2cccc(C(F)(F)F)c2Cl)CC(c2ccccc2)c2ccccc2)c1. The van der Waals surface area contributed by atoms with Crippen molar-refractivity contribution in [3.63, 3.8) is 0 Å². The first-order chi connectivity index (χ1) is 20.2. The predicted molar refractivity (Wildman–Crippen MR) is 159 cm³/mol.